The van der Waals surface area contributed by atoms with Crippen molar-refractivity contribution in [2.75, 3.05) is 18.4 Å². The number of rotatable bonds is 9. The van der Waals surface area contributed by atoms with E-state index >= 15 is 0 Å². The third-order valence-corrected chi connectivity index (χ3v) is 5.71. The molecule has 1 atom stereocenters. The molecular weight excluding hydrogens is 425 g/mol. The fourth-order valence-electron chi connectivity index (χ4n) is 2.44. The van der Waals surface area contributed by atoms with Crippen LogP contribution in [0, 0.1) is 6.92 Å². The molecule has 0 aliphatic heterocycles. The van der Waals surface area contributed by atoms with Gasteiger partial charge in [-0.15, -0.1) is 23.1 Å². The third-order valence-electron chi connectivity index (χ3n) is 3.79. The summed E-state index contributed by atoms with van der Waals surface area (Å²) in [4.78, 5) is 4.39. The fraction of sp³-hybridized carbons (Fsp3) is 0.333. The van der Waals surface area contributed by atoms with Gasteiger partial charge in [-0.2, -0.15) is 13.2 Å². The first-order valence-electron chi connectivity index (χ1n) is 8.65. The number of nitrogens with one attached hydrogen (secondary N) is 2. The Morgan fingerprint density at radius 2 is 2.07 bits per heavy atom. The second-order valence-electron chi connectivity index (χ2n) is 6.08. The molecule has 0 saturated carbocycles. The Bertz CT molecular complexity index is 930. The zero-order valence-corrected chi connectivity index (χ0v) is 17.0. The Kier molecular flexibility index (Phi) is 7.17. The molecule has 6 nitrogen and oxygen atoms in total. The normalized spacial score (nSPS) is 12.9. The Morgan fingerprint density at radius 3 is 2.76 bits per heavy atom. The highest BCUT2D eigenvalue weighted by Crippen LogP contribution is 2.32. The minimum Gasteiger partial charge on any atom is -0.374 e. The summed E-state index contributed by atoms with van der Waals surface area (Å²) >= 11 is 2.41. The Hall–Kier alpha value is -2.08. The van der Waals surface area contributed by atoms with Gasteiger partial charge in [-0.05, 0) is 13.0 Å². The van der Waals surface area contributed by atoms with E-state index in [0.29, 0.717) is 24.4 Å². The summed E-state index contributed by atoms with van der Waals surface area (Å²) in [6.45, 7) is 2.50. The topological polar surface area (TPSA) is 83.2 Å². The van der Waals surface area contributed by atoms with E-state index in [1.54, 1.807) is 0 Å². The van der Waals surface area contributed by atoms with E-state index in [0.717, 1.165) is 33.1 Å². The number of anilines is 1. The largest absolute Gasteiger partial charge is 0.434 e. The van der Waals surface area contributed by atoms with Gasteiger partial charge in [0.1, 0.15) is 12.0 Å². The molecule has 0 fully saturated rings. The summed E-state index contributed by atoms with van der Waals surface area (Å²) in [6.07, 6.45) is -5.37. The fourth-order valence-corrected chi connectivity index (χ4v) is 4.15. The van der Waals surface area contributed by atoms with Crippen molar-refractivity contribution in [3.63, 3.8) is 0 Å². The molecular formula is C18H19F3N4O2S2. The molecule has 0 aliphatic carbocycles. The molecule has 2 aromatic heterocycles. The summed E-state index contributed by atoms with van der Waals surface area (Å²) < 4.78 is 42.9. The number of aryl methyl sites for hydroxylation is 1. The SMILES string of the molecule is Cc1cc(CSc2ccccc2C(O)NCCNc2nc(C(F)(F)F)cs2)on1. The van der Waals surface area contributed by atoms with Crippen LogP contribution in [0.2, 0.25) is 0 Å². The molecule has 2 heterocycles. The van der Waals surface area contributed by atoms with Crippen LogP contribution in [0.5, 0.6) is 0 Å². The van der Waals surface area contributed by atoms with Crippen LogP contribution in [-0.4, -0.2) is 28.3 Å². The van der Waals surface area contributed by atoms with Crippen molar-refractivity contribution in [2.24, 2.45) is 0 Å². The Morgan fingerprint density at radius 1 is 1.28 bits per heavy atom. The highest BCUT2D eigenvalue weighted by molar-refractivity contribution is 7.98. The first kappa shape index (κ1) is 21.6. The maximum absolute atomic E-state index is 12.6. The molecule has 1 unspecified atom stereocenters. The van der Waals surface area contributed by atoms with Crippen LogP contribution in [0.3, 0.4) is 0 Å². The van der Waals surface area contributed by atoms with Gasteiger partial charge in [-0.1, -0.05) is 23.4 Å². The minimum atomic E-state index is -4.45. The van der Waals surface area contributed by atoms with Gasteiger partial charge in [0.2, 0.25) is 0 Å². The number of hydrogen-bond donors (Lipinski definition) is 3. The number of aliphatic hydroxyl groups excluding tert-OH is 1. The molecule has 3 aromatic rings. The van der Waals surface area contributed by atoms with Crippen LogP contribution in [-0.2, 0) is 11.9 Å². The summed E-state index contributed by atoms with van der Waals surface area (Å²) in [6, 6.07) is 9.29. The van der Waals surface area contributed by atoms with Crippen LogP contribution in [0.1, 0.15) is 28.9 Å². The number of halogens is 3. The first-order chi connectivity index (χ1) is 13.8. The number of aliphatic hydroxyl groups is 1. The van der Waals surface area contributed by atoms with E-state index in [2.05, 4.69) is 20.8 Å². The summed E-state index contributed by atoms with van der Waals surface area (Å²) in [5.74, 6) is 1.33. The van der Waals surface area contributed by atoms with Gasteiger partial charge in [-0.25, -0.2) is 4.98 Å². The zero-order chi connectivity index (χ0) is 20.9. The molecule has 156 valence electrons. The van der Waals surface area contributed by atoms with Crippen LogP contribution >= 0.6 is 23.1 Å². The third kappa shape index (κ3) is 6.20. The lowest BCUT2D eigenvalue weighted by Gasteiger charge is -2.16. The number of hydrogen-bond acceptors (Lipinski definition) is 8. The monoisotopic (exact) mass is 444 g/mol. The number of thioether (sulfide) groups is 1. The summed E-state index contributed by atoms with van der Waals surface area (Å²) in [7, 11) is 0. The number of benzene rings is 1. The van der Waals surface area contributed by atoms with E-state index in [-0.39, 0.29) is 5.13 Å². The Labute approximate surface area is 173 Å². The van der Waals surface area contributed by atoms with Gasteiger partial charge < -0.3 is 14.9 Å². The van der Waals surface area contributed by atoms with Gasteiger partial charge in [0.05, 0.1) is 11.4 Å². The van der Waals surface area contributed by atoms with Gasteiger partial charge in [0.25, 0.3) is 0 Å². The van der Waals surface area contributed by atoms with Crippen molar-refractivity contribution in [1.82, 2.24) is 15.5 Å². The maximum Gasteiger partial charge on any atom is 0.434 e. The summed E-state index contributed by atoms with van der Waals surface area (Å²) in [5, 5.41) is 21.2. The van der Waals surface area contributed by atoms with Gasteiger partial charge in [0.15, 0.2) is 10.8 Å². The van der Waals surface area contributed by atoms with E-state index in [1.165, 1.54) is 11.8 Å². The smallest absolute Gasteiger partial charge is 0.374 e. The lowest BCUT2D eigenvalue weighted by Crippen LogP contribution is -2.27. The predicted octanol–water partition coefficient (Wildman–Crippen LogP) is 4.44. The zero-order valence-electron chi connectivity index (χ0n) is 15.4. The minimum absolute atomic E-state index is 0.187. The van der Waals surface area contributed by atoms with Crippen molar-refractivity contribution in [3.8, 4) is 0 Å². The number of alkyl halides is 3. The van der Waals surface area contributed by atoms with Crippen LogP contribution < -0.4 is 10.6 Å². The molecule has 1 aromatic carbocycles. The standard InChI is InChI=1S/C18H19F3N4O2S2/c1-11-8-12(27-25-11)9-28-14-5-3-2-4-13(14)16(26)22-6-7-23-17-24-15(10-29-17)18(19,20)21/h2-5,8,10,16,22,26H,6-7,9H2,1H3,(H,23,24). The molecule has 11 heteroatoms. The first-order valence-corrected chi connectivity index (χ1v) is 10.5. The number of thiazole rings is 1. The lowest BCUT2D eigenvalue weighted by molar-refractivity contribution is -0.140. The second kappa shape index (κ2) is 9.61. The average molecular weight is 445 g/mol. The van der Waals surface area contributed by atoms with E-state index in [9.17, 15) is 18.3 Å². The van der Waals surface area contributed by atoms with Gasteiger partial charge in [-0.3, -0.25) is 5.32 Å². The molecule has 29 heavy (non-hydrogen) atoms. The van der Waals surface area contributed by atoms with Gasteiger partial charge in [0, 0.05) is 35.0 Å². The molecule has 0 saturated heterocycles. The van der Waals surface area contributed by atoms with Crippen LogP contribution in [0.25, 0.3) is 0 Å². The molecule has 0 amide bonds. The second-order valence-corrected chi connectivity index (χ2v) is 7.96. The molecule has 3 N–H and O–H groups in total. The molecule has 0 aliphatic rings. The lowest BCUT2D eigenvalue weighted by atomic mass is 10.2. The van der Waals surface area contributed by atoms with E-state index < -0.39 is 18.1 Å². The average Bonchev–Trinajstić information content (AvgIpc) is 3.32. The number of nitrogens with zero attached hydrogens (tertiary/aromatic N) is 2. The Balaban J connectivity index is 1.49. The van der Waals surface area contributed by atoms with Crippen molar-refractivity contribution >= 4 is 28.2 Å². The van der Waals surface area contributed by atoms with E-state index in [1.807, 2.05) is 37.3 Å². The van der Waals surface area contributed by atoms with Crippen molar-refractivity contribution in [1.29, 1.82) is 0 Å². The molecule has 0 spiro atoms. The van der Waals surface area contributed by atoms with Crippen LogP contribution in [0.15, 0.2) is 45.1 Å². The maximum atomic E-state index is 12.6. The van der Waals surface area contributed by atoms with Crippen molar-refractivity contribution < 1.29 is 22.8 Å². The van der Waals surface area contributed by atoms with Gasteiger partial charge >= 0.3 is 6.18 Å². The molecule has 3 rings (SSSR count). The molecule has 0 bridgehead atoms. The van der Waals surface area contributed by atoms with Crippen molar-refractivity contribution in [2.45, 2.75) is 30.0 Å². The van der Waals surface area contributed by atoms with Crippen LogP contribution in [0.4, 0.5) is 18.3 Å². The highest BCUT2D eigenvalue weighted by atomic mass is 32.2. The number of aromatic nitrogens is 2. The summed E-state index contributed by atoms with van der Waals surface area (Å²) in [5.41, 5.74) is 0.610. The van der Waals surface area contributed by atoms with E-state index in [4.69, 9.17) is 4.52 Å². The molecule has 0 radical (unpaired) electrons. The quantitative estimate of drug-likeness (QED) is 0.256. The predicted molar refractivity (Wildman–Crippen MR) is 106 cm³/mol. The van der Waals surface area contributed by atoms with Crippen molar-refractivity contribution in [3.05, 3.63) is 58.4 Å². The highest BCUT2D eigenvalue weighted by Gasteiger charge is 2.33.